The van der Waals surface area contributed by atoms with Crippen molar-refractivity contribution in [2.75, 3.05) is 12.4 Å². The van der Waals surface area contributed by atoms with Gasteiger partial charge >= 0.3 is 0 Å². The van der Waals surface area contributed by atoms with Gasteiger partial charge in [0.05, 0.1) is 10.7 Å². The predicted octanol–water partition coefficient (Wildman–Crippen LogP) is -0.323. The molecule has 0 fully saturated rings. The van der Waals surface area contributed by atoms with E-state index in [9.17, 15) is 16.8 Å². The summed E-state index contributed by atoms with van der Waals surface area (Å²) in [6.45, 7) is 0. The number of halogens is 1. The third kappa shape index (κ3) is 3.07. The fourth-order valence-electron chi connectivity index (χ4n) is 1.18. The van der Waals surface area contributed by atoms with E-state index in [1.54, 1.807) is 0 Å². The molecule has 0 aliphatic carbocycles. The van der Waals surface area contributed by atoms with Crippen LogP contribution in [-0.4, -0.2) is 23.9 Å². The zero-order chi connectivity index (χ0) is 13.4. The lowest BCUT2D eigenvalue weighted by atomic mass is 10.3. The van der Waals surface area contributed by atoms with E-state index in [0.29, 0.717) is 0 Å². The first-order valence-corrected chi connectivity index (χ1v) is 7.61. The number of nitrogens with one attached hydrogen (secondary N) is 1. The maximum Gasteiger partial charge on any atom is 0.240 e. The van der Waals surface area contributed by atoms with Crippen LogP contribution in [0.5, 0.6) is 0 Å². The Morgan fingerprint density at radius 2 is 1.53 bits per heavy atom. The van der Waals surface area contributed by atoms with Gasteiger partial charge in [-0.3, -0.25) is 0 Å². The highest BCUT2D eigenvalue weighted by Crippen LogP contribution is 2.30. The van der Waals surface area contributed by atoms with E-state index in [2.05, 4.69) is 5.32 Å². The molecule has 5 N–H and O–H groups in total. The lowest BCUT2D eigenvalue weighted by Crippen LogP contribution is -2.18. The van der Waals surface area contributed by atoms with Gasteiger partial charge in [0.15, 0.2) is 0 Å². The molecule has 0 unspecified atom stereocenters. The van der Waals surface area contributed by atoms with Gasteiger partial charge in [0.1, 0.15) is 9.79 Å². The Morgan fingerprint density at radius 3 is 1.88 bits per heavy atom. The van der Waals surface area contributed by atoms with E-state index in [-0.39, 0.29) is 10.7 Å². The van der Waals surface area contributed by atoms with Crippen molar-refractivity contribution < 1.29 is 16.8 Å². The van der Waals surface area contributed by atoms with Crippen LogP contribution in [0, 0.1) is 0 Å². The van der Waals surface area contributed by atoms with E-state index >= 15 is 0 Å². The second kappa shape index (κ2) is 4.42. The number of benzene rings is 1. The number of sulfonamides is 2. The molecule has 10 heteroatoms. The topological polar surface area (TPSA) is 132 Å². The fraction of sp³-hybridized carbons (Fsp3) is 0.143. The Bertz CT molecular complexity index is 654. The van der Waals surface area contributed by atoms with Crippen molar-refractivity contribution in [2.24, 2.45) is 10.3 Å². The molecule has 0 saturated heterocycles. The van der Waals surface area contributed by atoms with Gasteiger partial charge < -0.3 is 5.32 Å². The third-order valence-corrected chi connectivity index (χ3v) is 4.24. The minimum atomic E-state index is -4.12. The van der Waals surface area contributed by atoms with E-state index in [4.69, 9.17) is 21.9 Å². The molecular formula is C7H10ClN3O4S2. The maximum absolute atomic E-state index is 11.3. The van der Waals surface area contributed by atoms with Crippen LogP contribution in [0.2, 0.25) is 5.02 Å². The summed E-state index contributed by atoms with van der Waals surface area (Å²) in [4.78, 5) is -0.893. The normalized spacial score (nSPS) is 12.5. The molecule has 0 atom stereocenters. The van der Waals surface area contributed by atoms with Crippen molar-refractivity contribution >= 4 is 37.3 Å². The largest absolute Gasteiger partial charge is 0.387 e. The first-order valence-electron chi connectivity index (χ1n) is 4.14. The molecule has 0 amide bonds. The van der Waals surface area contributed by atoms with E-state index in [1.807, 2.05) is 0 Å². The first kappa shape index (κ1) is 14.2. The summed E-state index contributed by atoms with van der Waals surface area (Å²) in [6, 6.07) is 1.94. The summed E-state index contributed by atoms with van der Waals surface area (Å²) in [6.07, 6.45) is 0. The monoisotopic (exact) mass is 299 g/mol. The molecule has 96 valence electrons. The molecule has 0 spiro atoms. The fourth-order valence-corrected chi connectivity index (χ4v) is 3.11. The Labute approximate surface area is 104 Å². The molecular weight excluding hydrogens is 290 g/mol. The van der Waals surface area contributed by atoms with E-state index < -0.39 is 29.8 Å². The van der Waals surface area contributed by atoms with Crippen LogP contribution < -0.4 is 15.6 Å². The van der Waals surface area contributed by atoms with Crippen LogP contribution in [-0.2, 0) is 20.0 Å². The predicted molar refractivity (Wildman–Crippen MR) is 63.7 cm³/mol. The van der Waals surface area contributed by atoms with Gasteiger partial charge in [-0.25, -0.2) is 27.1 Å². The van der Waals surface area contributed by atoms with Gasteiger partial charge in [0.25, 0.3) is 0 Å². The number of nitrogens with two attached hydrogens (primary N) is 2. The third-order valence-electron chi connectivity index (χ3n) is 1.92. The van der Waals surface area contributed by atoms with Crippen molar-refractivity contribution in [1.82, 2.24) is 0 Å². The summed E-state index contributed by atoms with van der Waals surface area (Å²) in [5.41, 5.74) is 0.0879. The minimum Gasteiger partial charge on any atom is -0.387 e. The number of anilines is 1. The van der Waals surface area contributed by atoms with Gasteiger partial charge in [-0.1, -0.05) is 11.6 Å². The highest BCUT2D eigenvalue weighted by atomic mass is 35.5. The lowest BCUT2D eigenvalue weighted by molar-refractivity contribution is 0.596. The van der Waals surface area contributed by atoms with Crippen molar-refractivity contribution in [3.05, 3.63) is 17.2 Å². The molecule has 0 aliphatic heterocycles. The van der Waals surface area contributed by atoms with Crippen molar-refractivity contribution in [1.29, 1.82) is 0 Å². The summed E-state index contributed by atoms with van der Waals surface area (Å²) in [7, 11) is -6.77. The summed E-state index contributed by atoms with van der Waals surface area (Å²) >= 11 is 5.68. The lowest BCUT2D eigenvalue weighted by Gasteiger charge is -2.10. The Kier molecular flexibility index (Phi) is 3.69. The van der Waals surface area contributed by atoms with E-state index in [0.717, 1.165) is 12.1 Å². The molecule has 0 aromatic heterocycles. The van der Waals surface area contributed by atoms with Crippen molar-refractivity contribution in [2.45, 2.75) is 9.79 Å². The highest BCUT2D eigenvalue weighted by Gasteiger charge is 2.21. The van der Waals surface area contributed by atoms with Crippen LogP contribution in [0.15, 0.2) is 21.9 Å². The molecule has 7 nitrogen and oxygen atoms in total. The molecule has 0 saturated carbocycles. The van der Waals surface area contributed by atoms with Crippen LogP contribution in [0.3, 0.4) is 0 Å². The smallest absolute Gasteiger partial charge is 0.240 e. The summed E-state index contributed by atoms with van der Waals surface area (Å²) in [5.74, 6) is 0. The minimum absolute atomic E-state index is 0.0879. The van der Waals surface area contributed by atoms with Gasteiger partial charge in [-0.15, -0.1) is 0 Å². The van der Waals surface area contributed by atoms with Crippen molar-refractivity contribution in [3.63, 3.8) is 0 Å². The zero-order valence-corrected chi connectivity index (χ0v) is 11.0. The van der Waals surface area contributed by atoms with Gasteiger partial charge in [-0.2, -0.15) is 0 Å². The summed E-state index contributed by atoms with van der Waals surface area (Å²) in [5, 5.41) is 12.2. The van der Waals surface area contributed by atoms with Crippen molar-refractivity contribution in [3.8, 4) is 0 Å². The Morgan fingerprint density at radius 1 is 1.06 bits per heavy atom. The molecule has 0 bridgehead atoms. The highest BCUT2D eigenvalue weighted by molar-refractivity contribution is 7.90. The van der Waals surface area contributed by atoms with E-state index in [1.165, 1.54) is 7.05 Å². The number of hydrogen-bond donors (Lipinski definition) is 3. The molecule has 1 aromatic rings. The number of rotatable bonds is 3. The molecule has 1 rings (SSSR count). The number of primary sulfonamides is 2. The second-order valence-corrected chi connectivity index (χ2v) is 6.59. The average Bonchev–Trinajstić information content (AvgIpc) is 2.13. The molecule has 17 heavy (non-hydrogen) atoms. The zero-order valence-electron chi connectivity index (χ0n) is 8.64. The standard InChI is InChI=1S/C7H10ClN3O4S2/c1-11-5-2-4(8)6(16(9,12)13)3-7(5)17(10,14)15/h2-3,11H,1H3,(H2,9,12,13)(H2,10,14,15). The molecule has 0 heterocycles. The van der Waals surface area contributed by atoms with Gasteiger partial charge in [0, 0.05) is 7.05 Å². The molecule has 1 aromatic carbocycles. The van der Waals surface area contributed by atoms with Crippen LogP contribution in [0.25, 0.3) is 0 Å². The Balaban J connectivity index is 3.73. The van der Waals surface area contributed by atoms with Crippen LogP contribution in [0.4, 0.5) is 5.69 Å². The summed E-state index contributed by atoms with van der Waals surface area (Å²) < 4.78 is 44.9. The first-order chi connectivity index (χ1) is 7.57. The molecule has 0 aliphatic rings. The quantitative estimate of drug-likeness (QED) is 0.703. The second-order valence-electron chi connectivity index (χ2n) is 3.12. The average molecular weight is 300 g/mol. The molecule has 0 radical (unpaired) electrons. The SMILES string of the molecule is CNc1cc(Cl)c(S(N)(=O)=O)cc1S(N)(=O)=O. The van der Waals surface area contributed by atoms with Gasteiger partial charge in [-0.05, 0) is 12.1 Å². The van der Waals surface area contributed by atoms with Crippen LogP contribution in [0.1, 0.15) is 0 Å². The number of hydrogen-bond acceptors (Lipinski definition) is 5. The van der Waals surface area contributed by atoms with Gasteiger partial charge in [0.2, 0.25) is 20.0 Å². The van der Waals surface area contributed by atoms with Crippen LogP contribution >= 0.6 is 11.6 Å². The maximum atomic E-state index is 11.3. The Hall–Kier alpha value is -0.870.